The highest BCUT2D eigenvalue weighted by molar-refractivity contribution is 7.23. The lowest BCUT2D eigenvalue weighted by atomic mass is 10.2. The second-order valence-corrected chi connectivity index (χ2v) is 8.56. The standard InChI is InChI=1S/C23H24ClN3O2S/c1-4-26(5-2)12-13-27(22(28)19-14-16-8-6-7-9-18(16)29-19)23-25-20-15(3)10-11-17(24)21(20)30-23/h6-11,14H,4-5,12-13H2,1-3H3. The molecule has 0 aliphatic heterocycles. The van der Waals surface area contributed by atoms with Crippen molar-refractivity contribution in [3.63, 3.8) is 0 Å². The van der Waals surface area contributed by atoms with E-state index in [4.69, 9.17) is 21.0 Å². The zero-order valence-corrected chi connectivity index (χ0v) is 18.9. The van der Waals surface area contributed by atoms with Crippen LogP contribution in [0.5, 0.6) is 0 Å². The highest BCUT2D eigenvalue weighted by Gasteiger charge is 2.25. The number of carbonyl (C=O) groups excluding carboxylic acids is 1. The van der Waals surface area contributed by atoms with E-state index in [1.165, 1.54) is 11.3 Å². The quantitative estimate of drug-likeness (QED) is 0.353. The maximum Gasteiger partial charge on any atom is 0.295 e. The average Bonchev–Trinajstić information content (AvgIpc) is 3.39. The molecule has 0 radical (unpaired) electrons. The molecule has 4 rings (SSSR count). The fourth-order valence-electron chi connectivity index (χ4n) is 3.49. The smallest absolute Gasteiger partial charge is 0.295 e. The normalized spacial score (nSPS) is 11.6. The van der Waals surface area contributed by atoms with Crippen LogP contribution >= 0.6 is 22.9 Å². The van der Waals surface area contributed by atoms with Gasteiger partial charge in [-0.3, -0.25) is 9.69 Å². The molecule has 0 N–H and O–H groups in total. The minimum atomic E-state index is -0.189. The zero-order chi connectivity index (χ0) is 21.3. The van der Waals surface area contributed by atoms with Crippen LogP contribution in [0.15, 0.2) is 46.9 Å². The molecule has 2 heterocycles. The van der Waals surface area contributed by atoms with Crippen LogP contribution < -0.4 is 4.90 Å². The molecule has 0 unspecified atom stereocenters. The monoisotopic (exact) mass is 441 g/mol. The number of hydrogen-bond donors (Lipinski definition) is 0. The maximum absolute atomic E-state index is 13.5. The maximum atomic E-state index is 13.5. The van der Waals surface area contributed by atoms with E-state index in [1.54, 1.807) is 11.0 Å². The van der Waals surface area contributed by atoms with Gasteiger partial charge in [0.2, 0.25) is 0 Å². The highest BCUT2D eigenvalue weighted by Crippen LogP contribution is 2.36. The number of aromatic nitrogens is 1. The third-order valence-corrected chi connectivity index (χ3v) is 6.87. The summed E-state index contributed by atoms with van der Waals surface area (Å²) in [5.74, 6) is 0.129. The summed E-state index contributed by atoms with van der Waals surface area (Å²) in [5, 5.41) is 2.20. The van der Waals surface area contributed by atoms with Gasteiger partial charge in [0.05, 0.1) is 15.2 Å². The number of benzene rings is 2. The van der Waals surface area contributed by atoms with E-state index >= 15 is 0 Å². The number of rotatable bonds is 7. The van der Waals surface area contributed by atoms with Gasteiger partial charge in [0.1, 0.15) is 5.58 Å². The van der Waals surface area contributed by atoms with Crippen molar-refractivity contribution in [3.8, 4) is 0 Å². The number of aryl methyl sites for hydroxylation is 1. The summed E-state index contributed by atoms with van der Waals surface area (Å²) in [4.78, 5) is 22.3. The lowest BCUT2D eigenvalue weighted by Crippen LogP contribution is -2.38. The Balaban J connectivity index is 1.74. The van der Waals surface area contributed by atoms with E-state index in [0.29, 0.717) is 28.0 Å². The second kappa shape index (κ2) is 8.76. The molecule has 7 heteroatoms. The van der Waals surface area contributed by atoms with Crippen LogP contribution in [0.2, 0.25) is 5.02 Å². The van der Waals surface area contributed by atoms with E-state index in [9.17, 15) is 4.79 Å². The summed E-state index contributed by atoms with van der Waals surface area (Å²) in [7, 11) is 0. The molecule has 1 amide bonds. The molecular formula is C23H24ClN3O2S. The molecule has 2 aromatic heterocycles. The molecule has 30 heavy (non-hydrogen) atoms. The Bertz CT molecular complexity index is 1120. The largest absolute Gasteiger partial charge is 0.451 e. The molecule has 0 atom stereocenters. The van der Waals surface area contributed by atoms with Gasteiger partial charge in [-0.2, -0.15) is 0 Å². The van der Waals surface area contributed by atoms with Crippen LogP contribution in [-0.2, 0) is 0 Å². The van der Waals surface area contributed by atoms with Crippen molar-refractivity contribution in [1.29, 1.82) is 0 Å². The molecule has 2 aromatic carbocycles. The van der Waals surface area contributed by atoms with E-state index in [0.717, 1.165) is 40.8 Å². The molecule has 0 saturated carbocycles. The Kier molecular flexibility index (Phi) is 6.09. The number of para-hydroxylation sites is 1. The van der Waals surface area contributed by atoms with Gasteiger partial charge >= 0.3 is 0 Å². The molecule has 0 aliphatic carbocycles. The molecule has 0 aliphatic rings. The van der Waals surface area contributed by atoms with Crippen molar-refractivity contribution < 1.29 is 9.21 Å². The summed E-state index contributed by atoms with van der Waals surface area (Å²) in [6, 6.07) is 13.3. The van der Waals surface area contributed by atoms with Crippen molar-refractivity contribution >= 4 is 55.2 Å². The third kappa shape index (κ3) is 3.95. The van der Waals surface area contributed by atoms with Gasteiger partial charge in [-0.25, -0.2) is 4.98 Å². The number of fused-ring (bicyclic) bond motifs is 2. The first-order chi connectivity index (χ1) is 14.5. The number of likely N-dealkylation sites (N-methyl/N-ethyl adjacent to an activating group) is 1. The molecule has 156 valence electrons. The van der Waals surface area contributed by atoms with E-state index < -0.39 is 0 Å². The van der Waals surface area contributed by atoms with Gasteiger partial charge in [-0.15, -0.1) is 0 Å². The van der Waals surface area contributed by atoms with Crippen LogP contribution in [0.25, 0.3) is 21.2 Å². The topological polar surface area (TPSA) is 49.6 Å². The minimum absolute atomic E-state index is 0.189. The first-order valence-corrected chi connectivity index (χ1v) is 11.3. The number of carbonyl (C=O) groups is 1. The lowest BCUT2D eigenvalue weighted by Gasteiger charge is -2.24. The van der Waals surface area contributed by atoms with Crippen molar-refractivity contribution in [2.45, 2.75) is 20.8 Å². The van der Waals surface area contributed by atoms with Crippen molar-refractivity contribution in [3.05, 3.63) is 58.8 Å². The first kappa shape index (κ1) is 20.8. The highest BCUT2D eigenvalue weighted by atomic mass is 35.5. The first-order valence-electron chi connectivity index (χ1n) is 10.1. The van der Waals surface area contributed by atoms with Crippen LogP contribution in [0.3, 0.4) is 0 Å². The number of anilines is 1. The SMILES string of the molecule is CCN(CC)CCN(C(=O)c1cc2ccccc2o1)c1nc2c(C)ccc(Cl)c2s1. The van der Waals surface area contributed by atoms with Crippen molar-refractivity contribution in [2.75, 3.05) is 31.1 Å². The third-order valence-electron chi connectivity index (χ3n) is 5.33. The van der Waals surface area contributed by atoms with Gasteiger partial charge in [0.25, 0.3) is 5.91 Å². The Morgan fingerprint density at radius 1 is 1.13 bits per heavy atom. The van der Waals surface area contributed by atoms with E-state index in [-0.39, 0.29) is 5.91 Å². The Hall–Kier alpha value is -2.41. The van der Waals surface area contributed by atoms with Crippen molar-refractivity contribution in [2.24, 2.45) is 0 Å². The number of furan rings is 1. The number of hydrogen-bond acceptors (Lipinski definition) is 5. The van der Waals surface area contributed by atoms with Crippen molar-refractivity contribution in [1.82, 2.24) is 9.88 Å². The molecule has 0 fully saturated rings. The number of thiazole rings is 1. The Labute approximate surface area is 184 Å². The van der Waals surface area contributed by atoms with Crippen LogP contribution in [0.1, 0.15) is 30.0 Å². The van der Waals surface area contributed by atoms with Gasteiger partial charge in [0.15, 0.2) is 10.9 Å². The van der Waals surface area contributed by atoms with Gasteiger partial charge in [-0.05, 0) is 43.8 Å². The summed E-state index contributed by atoms with van der Waals surface area (Å²) in [6.45, 7) is 9.37. The minimum Gasteiger partial charge on any atom is -0.451 e. The second-order valence-electron chi connectivity index (χ2n) is 7.17. The Morgan fingerprint density at radius 3 is 2.60 bits per heavy atom. The summed E-state index contributed by atoms with van der Waals surface area (Å²) >= 11 is 7.85. The summed E-state index contributed by atoms with van der Waals surface area (Å²) in [5.41, 5.74) is 2.58. The number of amides is 1. The predicted octanol–water partition coefficient (Wildman–Crippen LogP) is 5.99. The number of halogens is 1. The Morgan fingerprint density at radius 2 is 1.90 bits per heavy atom. The molecule has 0 spiro atoms. The summed E-state index contributed by atoms with van der Waals surface area (Å²) < 4.78 is 6.76. The molecule has 0 bridgehead atoms. The van der Waals surface area contributed by atoms with Crippen LogP contribution in [0, 0.1) is 6.92 Å². The predicted molar refractivity (Wildman–Crippen MR) is 125 cm³/mol. The number of nitrogens with zero attached hydrogens (tertiary/aromatic N) is 3. The lowest BCUT2D eigenvalue weighted by molar-refractivity contribution is 0.0959. The molecule has 0 saturated heterocycles. The summed E-state index contributed by atoms with van der Waals surface area (Å²) in [6.07, 6.45) is 0. The van der Waals surface area contributed by atoms with E-state index in [1.807, 2.05) is 43.3 Å². The zero-order valence-electron chi connectivity index (χ0n) is 17.3. The fourth-order valence-corrected chi connectivity index (χ4v) is 4.83. The average molecular weight is 442 g/mol. The van der Waals surface area contributed by atoms with Gasteiger partial charge in [-0.1, -0.05) is 61.1 Å². The molecule has 4 aromatic rings. The fraction of sp³-hybridized carbons (Fsp3) is 0.304. The van der Waals surface area contributed by atoms with E-state index in [2.05, 4.69) is 18.7 Å². The molecular weight excluding hydrogens is 418 g/mol. The van der Waals surface area contributed by atoms with Crippen LogP contribution in [0.4, 0.5) is 5.13 Å². The molecule has 5 nitrogen and oxygen atoms in total. The van der Waals surface area contributed by atoms with Gasteiger partial charge < -0.3 is 9.32 Å². The van der Waals surface area contributed by atoms with Crippen LogP contribution in [-0.4, -0.2) is 42.0 Å². The van der Waals surface area contributed by atoms with Gasteiger partial charge in [0, 0.05) is 18.5 Å².